The summed E-state index contributed by atoms with van der Waals surface area (Å²) in [6, 6.07) is 24.2. The van der Waals surface area contributed by atoms with E-state index in [1.54, 1.807) is 25.2 Å². The van der Waals surface area contributed by atoms with E-state index in [0.717, 1.165) is 16.5 Å². The van der Waals surface area contributed by atoms with Gasteiger partial charge < -0.3 is 9.72 Å². The number of para-hydroxylation sites is 2. The highest BCUT2D eigenvalue weighted by atomic mass is 16.5. The Labute approximate surface area is 201 Å². The van der Waals surface area contributed by atoms with Gasteiger partial charge in [-0.1, -0.05) is 60.7 Å². The Kier molecular flexibility index (Phi) is 5.97. The fraction of sp³-hybridized carbons (Fsp3) is 0.143. The van der Waals surface area contributed by atoms with Gasteiger partial charge in [-0.3, -0.25) is 19.0 Å². The van der Waals surface area contributed by atoms with Gasteiger partial charge in [0.15, 0.2) is 6.61 Å². The maximum atomic E-state index is 13.2. The van der Waals surface area contributed by atoms with Crippen LogP contribution < -0.4 is 5.56 Å². The zero-order valence-electron chi connectivity index (χ0n) is 19.2. The van der Waals surface area contributed by atoms with Crippen LogP contribution in [0.15, 0.2) is 83.7 Å². The number of aromatic nitrogens is 3. The Morgan fingerprint density at radius 3 is 2.40 bits per heavy atom. The average Bonchev–Trinajstić information content (AvgIpc) is 3.29. The summed E-state index contributed by atoms with van der Waals surface area (Å²) < 4.78 is 6.77. The lowest BCUT2D eigenvalue weighted by Gasteiger charge is -2.09. The average molecular weight is 466 g/mol. The molecule has 2 aromatic heterocycles. The molecule has 0 aliphatic rings. The third kappa shape index (κ3) is 4.36. The molecule has 0 spiro atoms. The highest BCUT2D eigenvalue weighted by molar-refractivity contribution is 6.14. The first-order chi connectivity index (χ1) is 17.0. The normalized spacial score (nSPS) is 11.1. The Balaban J connectivity index is 1.31. The second-order valence-corrected chi connectivity index (χ2v) is 8.28. The summed E-state index contributed by atoms with van der Waals surface area (Å²) in [5.74, 6) is -0.326. The molecule has 0 bridgehead atoms. The van der Waals surface area contributed by atoms with E-state index in [1.165, 1.54) is 4.57 Å². The molecule has 174 valence electrons. The van der Waals surface area contributed by atoms with Gasteiger partial charge in [-0.2, -0.15) is 0 Å². The predicted molar refractivity (Wildman–Crippen MR) is 134 cm³/mol. The number of hydrogen-bond donors (Lipinski definition) is 1. The van der Waals surface area contributed by atoms with Crippen LogP contribution in [0.5, 0.6) is 0 Å². The van der Waals surface area contributed by atoms with Crippen LogP contribution in [0.3, 0.4) is 0 Å². The number of aryl methyl sites for hydroxylation is 1. The Morgan fingerprint density at radius 1 is 0.914 bits per heavy atom. The fourth-order valence-electron chi connectivity index (χ4n) is 4.24. The van der Waals surface area contributed by atoms with Crippen molar-refractivity contribution >= 4 is 33.6 Å². The lowest BCUT2D eigenvalue weighted by Crippen LogP contribution is -2.23. The van der Waals surface area contributed by atoms with Crippen molar-refractivity contribution < 1.29 is 14.3 Å². The van der Waals surface area contributed by atoms with Gasteiger partial charge in [0, 0.05) is 24.4 Å². The van der Waals surface area contributed by atoms with E-state index in [9.17, 15) is 14.4 Å². The molecule has 0 fully saturated rings. The van der Waals surface area contributed by atoms with Crippen molar-refractivity contribution in [3.05, 3.63) is 101 Å². The third-order valence-electron chi connectivity index (χ3n) is 6.04. The van der Waals surface area contributed by atoms with Crippen molar-refractivity contribution in [2.24, 2.45) is 7.05 Å². The summed E-state index contributed by atoms with van der Waals surface area (Å²) in [4.78, 5) is 46.0. The van der Waals surface area contributed by atoms with E-state index < -0.39 is 5.97 Å². The molecular weight excluding hydrogens is 442 g/mol. The minimum atomic E-state index is -0.526. The van der Waals surface area contributed by atoms with Crippen molar-refractivity contribution in [2.45, 2.75) is 12.8 Å². The molecule has 0 saturated heterocycles. The maximum absolute atomic E-state index is 13.2. The molecule has 0 saturated carbocycles. The summed E-state index contributed by atoms with van der Waals surface area (Å²) in [5.41, 5.74) is 3.33. The number of aromatic amines is 1. The molecule has 2 heterocycles. The molecule has 0 radical (unpaired) electrons. The molecule has 5 rings (SSSR count). The number of H-pyrrole nitrogens is 1. The predicted octanol–water partition coefficient (Wildman–Crippen LogP) is 4.44. The van der Waals surface area contributed by atoms with E-state index in [1.807, 2.05) is 60.7 Å². The Morgan fingerprint density at radius 2 is 1.60 bits per heavy atom. The van der Waals surface area contributed by atoms with Gasteiger partial charge in [-0.25, -0.2) is 4.98 Å². The van der Waals surface area contributed by atoms with E-state index >= 15 is 0 Å². The number of carbonyl (C=O) groups excluding carboxylic acids is 2. The number of hydrogen-bond acceptors (Lipinski definition) is 5. The first-order valence-corrected chi connectivity index (χ1v) is 11.3. The number of ether oxygens (including phenoxy) is 1. The standard InChI is InChI=1S/C28H23N3O4/c1-31-24(29-22-14-8-6-12-20(22)28(31)34)15-16-25(33)35-17-23(32)26-19-11-5-7-13-21(19)30-27(26)18-9-3-2-4-10-18/h2-14,30H,15-17H2,1H3. The van der Waals surface area contributed by atoms with Crippen LogP contribution in [-0.2, 0) is 23.0 Å². The molecule has 0 aliphatic heterocycles. The molecule has 0 atom stereocenters. The van der Waals surface area contributed by atoms with Crippen LogP contribution in [0.4, 0.5) is 0 Å². The van der Waals surface area contributed by atoms with Crippen LogP contribution in [0.1, 0.15) is 22.6 Å². The number of fused-ring (bicyclic) bond motifs is 2. The summed E-state index contributed by atoms with van der Waals surface area (Å²) in [6.45, 7) is -0.370. The molecule has 0 unspecified atom stereocenters. The van der Waals surface area contributed by atoms with Gasteiger partial charge in [0.05, 0.1) is 28.6 Å². The van der Waals surface area contributed by atoms with E-state index in [-0.39, 0.29) is 30.8 Å². The quantitative estimate of drug-likeness (QED) is 0.283. The van der Waals surface area contributed by atoms with Gasteiger partial charge in [0.25, 0.3) is 5.56 Å². The lowest BCUT2D eigenvalue weighted by atomic mass is 10.0. The summed E-state index contributed by atoms with van der Waals surface area (Å²) in [5, 5.41) is 1.31. The number of carbonyl (C=O) groups is 2. The van der Waals surface area contributed by atoms with Crippen molar-refractivity contribution in [3.8, 4) is 11.3 Å². The first kappa shape index (κ1) is 22.3. The SMILES string of the molecule is Cn1c(CCC(=O)OCC(=O)c2c(-c3ccccc3)[nH]c3ccccc23)nc2ccccc2c1=O. The molecule has 35 heavy (non-hydrogen) atoms. The monoisotopic (exact) mass is 465 g/mol. The summed E-state index contributed by atoms with van der Waals surface area (Å²) in [7, 11) is 1.63. The minimum Gasteiger partial charge on any atom is -0.457 e. The smallest absolute Gasteiger partial charge is 0.306 e. The number of ketones is 1. The minimum absolute atomic E-state index is 0.00528. The number of rotatable bonds is 7. The number of esters is 1. The van der Waals surface area contributed by atoms with Crippen LogP contribution in [-0.4, -0.2) is 32.9 Å². The second kappa shape index (κ2) is 9.38. The van der Waals surface area contributed by atoms with E-state index in [0.29, 0.717) is 28.0 Å². The zero-order chi connectivity index (χ0) is 24.4. The molecular formula is C28H23N3O4. The molecule has 5 aromatic rings. The number of benzene rings is 3. The number of nitrogens with one attached hydrogen (secondary N) is 1. The van der Waals surface area contributed by atoms with Gasteiger partial charge in [0.1, 0.15) is 5.82 Å². The van der Waals surface area contributed by atoms with Gasteiger partial charge >= 0.3 is 5.97 Å². The number of nitrogens with zero attached hydrogens (tertiary/aromatic N) is 2. The van der Waals surface area contributed by atoms with Gasteiger partial charge in [-0.05, 0) is 23.8 Å². The van der Waals surface area contributed by atoms with Crippen LogP contribution in [0, 0.1) is 0 Å². The molecule has 7 heteroatoms. The topological polar surface area (TPSA) is 94.1 Å². The third-order valence-corrected chi connectivity index (χ3v) is 6.04. The summed E-state index contributed by atoms with van der Waals surface area (Å²) >= 11 is 0. The Bertz CT molecular complexity index is 1620. The largest absolute Gasteiger partial charge is 0.457 e. The van der Waals surface area contributed by atoms with Crippen LogP contribution >= 0.6 is 0 Å². The fourth-order valence-corrected chi connectivity index (χ4v) is 4.24. The van der Waals surface area contributed by atoms with Crippen LogP contribution in [0.2, 0.25) is 0 Å². The van der Waals surface area contributed by atoms with Crippen LogP contribution in [0.25, 0.3) is 33.1 Å². The maximum Gasteiger partial charge on any atom is 0.306 e. The Hall–Kier alpha value is -4.52. The molecule has 0 aliphatic carbocycles. The van der Waals surface area contributed by atoms with Gasteiger partial charge in [-0.15, -0.1) is 0 Å². The van der Waals surface area contributed by atoms with Crippen molar-refractivity contribution in [3.63, 3.8) is 0 Å². The summed E-state index contributed by atoms with van der Waals surface area (Å²) in [6.07, 6.45) is 0.233. The highest BCUT2D eigenvalue weighted by Gasteiger charge is 2.21. The molecule has 1 N–H and O–H groups in total. The first-order valence-electron chi connectivity index (χ1n) is 11.3. The van der Waals surface area contributed by atoms with Crippen molar-refractivity contribution in [2.75, 3.05) is 6.61 Å². The van der Waals surface area contributed by atoms with Gasteiger partial charge in [0.2, 0.25) is 5.78 Å². The van der Waals surface area contributed by atoms with Crippen molar-refractivity contribution in [1.82, 2.24) is 14.5 Å². The van der Waals surface area contributed by atoms with Crippen molar-refractivity contribution in [1.29, 1.82) is 0 Å². The van der Waals surface area contributed by atoms with E-state index in [4.69, 9.17) is 4.74 Å². The zero-order valence-corrected chi connectivity index (χ0v) is 19.2. The number of Topliss-reactive ketones (excluding diaryl/α,β-unsaturated/α-hetero) is 1. The molecule has 3 aromatic carbocycles. The van der Waals surface area contributed by atoms with E-state index in [2.05, 4.69) is 9.97 Å². The lowest BCUT2D eigenvalue weighted by molar-refractivity contribution is -0.142. The molecule has 0 amide bonds. The molecule has 7 nitrogen and oxygen atoms in total. The second-order valence-electron chi connectivity index (χ2n) is 8.28. The highest BCUT2D eigenvalue weighted by Crippen LogP contribution is 2.30.